The standard InChI is InChI=1S/C14H13F3N2O4/c15-14(16,17)23-10-4-1-3-8-11(10)19-7-9(12(8)21)13(22)18-5-2-6-20/h1,3-4,7,20H,2,5-6H2,(H,18,22)(H,19,21). The minimum Gasteiger partial charge on any atom is -0.404 e. The first-order valence-electron chi connectivity index (χ1n) is 6.62. The molecule has 0 saturated carbocycles. The Morgan fingerprint density at radius 1 is 1.35 bits per heavy atom. The van der Waals surface area contributed by atoms with E-state index in [4.69, 9.17) is 5.11 Å². The van der Waals surface area contributed by atoms with Gasteiger partial charge in [-0.05, 0) is 18.6 Å². The van der Waals surface area contributed by atoms with Crippen molar-refractivity contribution >= 4 is 16.8 Å². The molecule has 0 bridgehead atoms. The number of alkyl halides is 3. The third kappa shape index (κ3) is 4.01. The Hall–Kier alpha value is -2.55. The van der Waals surface area contributed by atoms with Gasteiger partial charge in [-0.1, -0.05) is 6.07 Å². The number of rotatable bonds is 5. The zero-order valence-corrected chi connectivity index (χ0v) is 11.7. The van der Waals surface area contributed by atoms with Crippen molar-refractivity contribution < 1.29 is 27.8 Å². The van der Waals surface area contributed by atoms with E-state index in [0.717, 1.165) is 12.3 Å². The molecule has 0 aliphatic heterocycles. The Bertz CT molecular complexity index is 771. The third-order valence-corrected chi connectivity index (χ3v) is 2.97. The topological polar surface area (TPSA) is 91.4 Å². The molecule has 0 atom stereocenters. The molecule has 1 aromatic heterocycles. The first-order valence-corrected chi connectivity index (χ1v) is 6.62. The van der Waals surface area contributed by atoms with Gasteiger partial charge in [0, 0.05) is 19.3 Å². The number of aliphatic hydroxyl groups excluding tert-OH is 1. The fraction of sp³-hybridized carbons (Fsp3) is 0.286. The van der Waals surface area contributed by atoms with Crippen LogP contribution in [-0.4, -0.2) is 35.5 Å². The second-order valence-electron chi connectivity index (χ2n) is 4.59. The largest absolute Gasteiger partial charge is 0.573 e. The second kappa shape index (κ2) is 6.69. The van der Waals surface area contributed by atoms with Crippen molar-refractivity contribution in [3.05, 3.63) is 40.2 Å². The van der Waals surface area contributed by atoms with E-state index < -0.39 is 23.4 Å². The molecule has 0 saturated heterocycles. The van der Waals surface area contributed by atoms with Crippen LogP contribution in [0.15, 0.2) is 29.2 Å². The third-order valence-electron chi connectivity index (χ3n) is 2.97. The van der Waals surface area contributed by atoms with Crippen molar-refractivity contribution in [2.75, 3.05) is 13.2 Å². The number of carbonyl (C=O) groups is 1. The summed E-state index contributed by atoms with van der Waals surface area (Å²) in [6.45, 7) is 0.0521. The van der Waals surface area contributed by atoms with Gasteiger partial charge < -0.3 is 20.1 Å². The predicted molar refractivity (Wildman–Crippen MR) is 75.3 cm³/mol. The number of nitrogens with one attached hydrogen (secondary N) is 2. The molecule has 0 radical (unpaired) electrons. The van der Waals surface area contributed by atoms with E-state index >= 15 is 0 Å². The monoisotopic (exact) mass is 330 g/mol. The van der Waals surface area contributed by atoms with Crippen molar-refractivity contribution in [1.29, 1.82) is 0 Å². The van der Waals surface area contributed by atoms with Gasteiger partial charge in [-0.15, -0.1) is 13.2 Å². The number of halogens is 3. The number of aromatic amines is 1. The van der Waals surface area contributed by atoms with Crippen LogP contribution in [0.1, 0.15) is 16.8 Å². The van der Waals surface area contributed by atoms with Crippen LogP contribution in [0, 0.1) is 0 Å². The number of aliphatic hydroxyl groups is 1. The number of amides is 1. The molecular weight excluding hydrogens is 317 g/mol. The molecule has 124 valence electrons. The Morgan fingerprint density at radius 2 is 2.09 bits per heavy atom. The lowest BCUT2D eigenvalue weighted by Gasteiger charge is -2.11. The number of para-hydroxylation sites is 1. The van der Waals surface area contributed by atoms with Gasteiger partial charge in [0.05, 0.1) is 10.9 Å². The van der Waals surface area contributed by atoms with Crippen molar-refractivity contribution in [2.45, 2.75) is 12.8 Å². The molecule has 23 heavy (non-hydrogen) atoms. The van der Waals surface area contributed by atoms with Crippen LogP contribution >= 0.6 is 0 Å². The molecule has 1 heterocycles. The highest BCUT2D eigenvalue weighted by Gasteiger charge is 2.32. The summed E-state index contributed by atoms with van der Waals surface area (Å²) >= 11 is 0. The summed E-state index contributed by atoms with van der Waals surface area (Å²) in [5, 5.41) is 11.0. The van der Waals surface area contributed by atoms with E-state index in [2.05, 4.69) is 15.0 Å². The number of benzene rings is 1. The Kier molecular flexibility index (Phi) is 4.89. The first kappa shape index (κ1) is 16.8. The summed E-state index contributed by atoms with van der Waals surface area (Å²) in [5.41, 5.74) is -1.10. The van der Waals surface area contributed by atoms with Gasteiger partial charge >= 0.3 is 6.36 Å². The molecule has 0 aliphatic carbocycles. The van der Waals surface area contributed by atoms with E-state index in [-0.39, 0.29) is 29.6 Å². The lowest BCUT2D eigenvalue weighted by molar-refractivity contribution is -0.274. The summed E-state index contributed by atoms with van der Waals surface area (Å²) in [7, 11) is 0. The number of H-pyrrole nitrogens is 1. The summed E-state index contributed by atoms with van der Waals surface area (Å²) in [5.74, 6) is -1.23. The zero-order valence-electron chi connectivity index (χ0n) is 11.7. The van der Waals surface area contributed by atoms with Gasteiger partial charge in [0.1, 0.15) is 5.56 Å². The molecule has 0 aliphatic rings. The van der Waals surface area contributed by atoms with Crippen LogP contribution in [-0.2, 0) is 0 Å². The van der Waals surface area contributed by atoms with Crippen LogP contribution in [0.4, 0.5) is 13.2 Å². The number of aromatic nitrogens is 1. The van der Waals surface area contributed by atoms with Crippen molar-refractivity contribution in [3.63, 3.8) is 0 Å². The summed E-state index contributed by atoms with van der Waals surface area (Å²) in [6, 6.07) is 3.58. The van der Waals surface area contributed by atoms with Crippen molar-refractivity contribution in [2.24, 2.45) is 0 Å². The highest BCUT2D eigenvalue weighted by Crippen LogP contribution is 2.27. The quantitative estimate of drug-likeness (QED) is 0.725. The van der Waals surface area contributed by atoms with Gasteiger partial charge in [0.25, 0.3) is 5.91 Å². The van der Waals surface area contributed by atoms with Crippen molar-refractivity contribution in [1.82, 2.24) is 10.3 Å². The van der Waals surface area contributed by atoms with E-state index in [9.17, 15) is 22.8 Å². The molecule has 0 unspecified atom stereocenters. The molecule has 1 amide bonds. The molecule has 2 rings (SSSR count). The average Bonchev–Trinajstić information content (AvgIpc) is 2.47. The summed E-state index contributed by atoms with van der Waals surface area (Å²) in [4.78, 5) is 26.6. The van der Waals surface area contributed by atoms with Gasteiger partial charge in [-0.3, -0.25) is 9.59 Å². The van der Waals surface area contributed by atoms with Crippen LogP contribution in [0.3, 0.4) is 0 Å². The van der Waals surface area contributed by atoms with E-state index in [1.54, 1.807) is 0 Å². The summed E-state index contributed by atoms with van der Waals surface area (Å²) < 4.78 is 40.9. The fourth-order valence-electron chi connectivity index (χ4n) is 1.98. The Balaban J connectivity index is 2.40. The zero-order chi connectivity index (χ0) is 17.0. The SMILES string of the molecule is O=C(NCCCO)c1c[nH]c2c(OC(F)(F)F)cccc2c1=O. The molecule has 0 spiro atoms. The van der Waals surface area contributed by atoms with Crippen LogP contribution < -0.4 is 15.5 Å². The van der Waals surface area contributed by atoms with Crippen LogP contribution in [0.2, 0.25) is 0 Å². The minimum atomic E-state index is -4.90. The molecule has 1 aromatic carbocycles. The molecule has 9 heteroatoms. The lowest BCUT2D eigenvalue weighted by Crippen LogP contribution is -2.30. The normalized spacial score (nSPS) is 11.5. The average molecular weight is 330 g/mol. The number of hydrogen-bond donors (Lipinski definition) is 3. The van der Waals surface area contributed by atoms with Gasteiger partial charge in [-0.2, -0.15) is 0 Å². The van der Waals surface area contributed by atoms with Gasteiger partial charge in [-0.25, -0.2) is 0 Å². The molecule has 6 nitrogen and oxygen atoms in total. The smallest absolute Gasteiger partial charge is 0.404 e. The minimum absolute atomic E-state index is 0.0958. The summed E-state index contributed by atoms with van der Waals surface area (Å²) in [6.07, 6.45) is -3.55. The Labute approximate surface area is 127 Å². The van der Waals surface area contributed by atoms with Gasteiger partial charge in [0.15, 0.2) is 5.75 Å². The maximum atomic E-state index is 12.4. The molecular formula is C14H13F3N2O4. The van der Waals surface area contributed by atoms with Crippen LogP contribution in [0.5, 0.6) is 5.75 Å². The predicted octanol–water partition coefficient (Wildman–Crippen LogP) is 1.54. The first-order chi connectivity index (χ1) is 10.8. The van der Waals surface area contributed by atoms with E-state index in [0.29, 0.717) is 6.42 Å². The molecule has 3 N–H and O–H groups in total. The fourth-order valence-corrected chi connectivity index (χ4v) is 1.98. The number of pyridine rings is 1. The number of ether oxygens (including phenoxy) is 1. The van der Waals surface area contributed by atoms with E-state index in [1.165, 1.54) is 12.1 Å². The van der Waals surface area contributed by atoms with Crippen molar-refractivity contribution in [3.8, 4) is 5.75 Å². The number of carbonyl (C=O) groups excluding carboxylic acids is 1. The Morgan fingerprint density at radius 3 is 2.74 bits per heavy atom. The highest BCUT2D eigenvalue weighted by atomic mass is 19.4. The molecule has 2 aromatic rings. The van der Waals surface area contributed by atoms with Crippen LogP contribution in [0.25, 0.3) is 10.9 Å². The highest BCUT2D eigenvalue weighted by molar-refractivity contribution is 5.97. The number of fused-ring (bicyclic) bond motifs is 1. The maximum Gasteiger partial charge on any atom is 0.573 e. The van der Waals surface area contributed by atoms with E-state index in [1.807, 2.05) is 0 Å². The maximum absolute atomic E-state index is 12.4. The lowest BCUT2D eigenvalue weighted by atomic mass is 10.1. The second-order valence-corrected chi connectivity index (χ2v) is 4.59. The van der Waals surface area contributed by atoms with Gasteiger partial charge in [0.2, 0.25) is 5.43 Å². The molecule has 0 fully saturated rings. The number of hydrogen-bond acceptors (Lipinski definition) is 4.